The van der Waals surface area contributed by atoms with E-state index >= 15 is 0 Å². The molecular formula is C64H39N3S. The zero-order valence-electron chi connectivity index (χ0n) is 36.8. The van der Waals surface area contributed by atoms with E-state index in [-0.39, 0.29) is 0 Å². The summed E-state index contributed by atoms with van der Waals surface area (Å²) in [4.78, 5) is 14.8. The number of rotatable bonds is 6. The molecule has 2 aliphatic rings. The van der Waals surface area contributed by atoms with E-state index in [0.717, 1.165) is 27.8 Å². The Bertz CT molecular complexity index is 3840. The van der Waals surface area contributed by atoms with Gasteiger partial charge in [-0.05, 0) is 108 Å². The number of nitrogens with zero attached hydrogens (tertiary/aromatic N) is 3. The molecule has 3 nitrogen and oxygen atoms in total. The first-order valence-electron chi connectivity index (χ1n) is 23.2. The molecule has 10 aromatic carbocycles. The van der Waals surface area contributed by atoms with Gasteiger partial charge in [-0.1, -0.05) is 206 Å². The SMILES string of the molecule is c1ccc(-c2nc(-c3ccccc3)nc(-c3ccc(-c4ccc(-c5cc6c(cc5-c5ccc7sc8ccccc8c7c5)-c5ccccc5C65c6ccccc6-c6ccccc65)cc4)cc3)n2)cc1. The molecule has 0 saturated carbocycles. The highest BCUT2D eigenvalue weighted by Crippen LogP contribution is 2.63. The zero-order valence-corrected chi connectivity index (χ0v) is 37.6. The fraction of sp³-hybridized carbons (Fsp3) is 0.0156. The number of hydrogen-bond acceptors (Lipinski definition) is 4. The molecule has 0 bridgehead atoms. The molecule has 0 atom stereocenters. The van der Waals surface area contributed by atoms with E-state index in [9.17, 15) is 0 Å². The average Bonchev–Trinajstić information content (AvgIpc) is 4.04. The van der Waals surface area contributed by atoms with E-state index < -0.39 is 5.41 Å². The third-order valence-corrected chi connectivity index (χ3v) is 15.3. The summed E-state index contributed by atoms with van der Waals surface area (Å²) in [6.07, 6.45) is 0. The summed E-state index contributed by atoms with van der Waals surface area (Å²) in [7, 11) is 0. The number of thiophene rings is 1. The van der Waals surface area contributed by atoms with Crippen LogP contribution in [0.3, 0.4) is 0 Å². The molecule has 0 unspecified atom stereocenters. The van der Waals surface area contributed by atoms with Gasteiger partial charge in [-0.25, -0.2) is 15.0 Å². The summed E-state index contributed by atoms with van der Waals surface area (Å²) in [6, 6.07) is 86.1. The van der Waals surface area contributed by atoms with Gasteiger partial charge in [-0.2, -0.15) is 0 Å². The highest BCUT2D eigenvalue weighted by molar-refractivity contribution is 7.25. The normalized spacial score (nSPS) is 12.8. The molecule has 0 amide bonds. The maximum atomic E-state index is 4.98. The van der Waals surface area contributed by atoms with Gasteiger partial charge in [-0.15, -0.1) is 11.3 Å². The van der Waals surface area contributed by atoms with Gasteiger partial charge in [0, 0.05) is 36.9 Å². The van der Waals surface area contributed by atoms with Crippen molar-refractivity contribution in [2.24, 2.45) is 0 Å². The predicted molar refractivity (Wildman–Crippen MR) is 282 cm³/mol. The zero-order chi connectivity index (χ0) is 44.8. The molecule has 14 rings (SSSR count). The quantitative estimate of drug-likeness (QED) is 0.167. The molecule has 0 fully saturated rings. The lowest BCUT2D eigenvalue weighted by Crippen LogP contribution is -2.25. The van der Waals surface area contributed by atoms with Gasteiger partial charge in [0.2, 0.25) is 0 Å². The highest BCUT2D eigenvalue weighted by atomic mass is 32.1. The monoisotopic (exact) mass is 881 g/mol. The summed E-state index contributed by atoms with van der Waals surface area (Å²) >= 11 is 1.86. The lowest BCUT2D eigenvalue weighted by molar-refractivity contribution is 0.794. The van der Waals surface area contributed by atoms with Crippen molar-refractivity contribution in [3.8, 4) is 89.8 Å². The molecule has 2 aliphatic carbocycles. The van der Waals surface area contributed by atoms with Crippen LogP contribution in [0.15, 0.2) is 237 Å². The minimum atomic E-state index is -0.441. The van der Waals surface area contributed by atoms with Crippen LogP contribution in [0.2, 0.25) is 0 Å². The summed E-state index contributed by atoms with van der Waals surface area (Å²) in [5, 5.41) is 2.60. The molecule has 0 radical (unpaired) electrons. The van der Waals surface area contributed by atoms with Gasteiger partial charge in [0.15, 0.2) is 17.5 Å². The molecule has 4 heteroatoms. The molecule has 12 aromatic rings. The molecule has 0 saturated heterocycles. The van der Waals surface area contributed by atoms with Crippen LogP contribution in [-0.4, -0.2) is 15.0 Å². The van der Waals surface area contributed by atoms with Crippen LogP contribution in [0.5, 0.6) is 0 Å². The van der Waals surface area contributed by atoms with Crippen molar-refractivity contribution in [1.29, 1.82) is 0 Å². The second-order valence-electron chi connectivity index (χ2n) is 17.8. The van der Waals surface area contributed by atoms with Gasteiger partial charge in [0.25, 0.3) is 0 Å². The topological polar surface area (TPSA) is 38.7 Å². The lowest BCUT2D eigenvalue weighted by atomic mass is 9.70. The maximum absolute atomic E-state index is 4.98. The van der Waals surface area contributed by atoms with Gasteiger partial charge >= 0.3 is 0 Å². The number of hydrogen-bond donors (Lipinski definition) is 0. The maximum Gasteiger partial charge on any atom is 0.164 e. The Hall–Kier alpha value is -8.57. The first kappa shape index (κ1) is 38.7. The average molecular weight is 882 g/mol. The van der Waals surface area contributed by atoms with Gasteiger partial charge in [0.1, 0.15) is 0 Å². The van der Waals surface area contributed by atoms with E-state index in [1.54, 1.807) is 0 Å². The van der Waals surface area contributed by atoms with Crippen molar-refractivity contribution in [1.82, 2.24) is 15.0 Å². The summed E-state index contributed by atoms with van der Waals surface area (Å²) in [6.45, 7) is 0. The fourth-order valence-electron chi connectivity index (χ4n) is 11.1. The molecule has 2 heterocycles. The predicted octanol–water partition coefficient (Wildman–Crippen LogP) is 16.6. The standard InChI is InChI=1S/C64H39N3S/c1-3-15-43(16-4-1)61-65-62(44-17-5-2-6-18-44)67-63(66-61)45-33-29-41(30-34-45)40-27-31-42(32-28-40)52-39-58-53(38-51(52)46-35-36-60-54(37-46)50-22-10-14-26-59(50)68-60)49-21-9-13-25-57(49)64(58)55-23-11-7-19-47(55)48-20-8-12-24-56(48)64/h1-39H. The Balaban J connectivity index is 0.911. The van der Waals surface area contributed by atoms with Crippen LogP contribution >= 0.6 is 11.3 Å². The van der Waals surface area contributed by atoms with Crippen molar-refractivity contribution in [3.05, 3.63) is 259 Å². The van der Waals surface area contributed by atoms with Crippen LogP contribution in [0, 0.1) is 0 Å². The minimum Gasteiger partial charge on any atom is -0.208 e. The molecule has 68 heavy (non-hydrogen) atoms. The molecule has 0 aliphatic heterocycles. The van der Waals surface area contributed by atoms with Gasteiger partial charge in [-0.3, -0.25) is 0 Å². The fourth-order valence-corrected chi connectivity index (χ4v) is 12.2. The molecular weight excluding hydrogens is 843 g/mol. The van der Waals surface area contributed by atoms with Crippen LogP contribution < -0.4 is 0 Å². The van der Waals surface area contributed by atoms with Crippen molar-refractivity contribution < 1.29 is 0 Å². The molecule has 2 aromatic heterocycles. The Kier molecular flexibility index (Phi) is 8.67. The van der Waals surface area contributed by atoms with Crippen molar-refractivity contribution >= 4 is 31.5 Å². The van der Waals surface area contributed by atoms with E-state index in [0.29, 0.717) is 17.5 Å². The second kappa shape index (κ2) is 15.2. The summed E-state index contributed by atoms with van der Waals surface area (Å²) < 4.78 is 2.62. The van der Waals surface area contributed by atoms with Crippen LogP contribution in [0.4, 0.5) is 0 Å². The van der Waals surface area contributed by atoms with Crippen LogP contribution in [0.25, 0.3) is 110 Å². The van der Waals surface area contributed by atoms with E-state index in [4.69, 9.17) is 15.0 Å². The number of benzene rings is 10. The van der Waals surface area contributed by atoms with Crippen LogP contribution in [-0.2, 0) is 5.41 Å². The second-order valence-corrected chi connectivity index (χ2v) is 18.9. The van der Waals surface area contributed by atoms with Gasteiger partial charge < -0.3 is 0 Å². The number of aromatic nitrogens is 3. The van der Waals surface area contributed by atoms with Crippen LogP contribution in [0.1, 0.15) is 22.3 Å². The highest BCUT2D eigenvalue weighted by Gasteiger charge is 2.51. The molecule has 0 N–H and O–H groups in total. The Morgan fingerprint density at radius 1 is 0.250 bits per heavy atom. The number of fused-ring (bicyclic) bond motifs is 13. The molecule has 1 spiro atoms. The van der Waals surface area contributed by atoms with Crippen molar-refractivity contribution in [3.63, 3.8) is 0 Å². The van der Waals surface area contributed by atoms with E-state index in [1.165, 1.54) is 86.9 Å². The van der Waals surface area contributed by atoms with Crippen molar-refractivity contribution in [2.45, 2.75) is 5.41 Å². The minimum absolute atomic E-state index is 0.441. The first-order chi connectivity index (χ1) is 33.7. The van der Waals surface area contributed by atoms with E-state index in [2.05, 4.69) is 176 Å². The van der Waals surface area contributed by atoms with E-state index in [1.807, 2.05) is 72.0 Å². The summed E-state index contributed by atoms with van der Waals surface area (Å²) in [5.41, 5.74) is 20.1. The van der Waals surface area contributed by atoms with Gasteiger partial charge in [0.05, 0.1) is 5.41 Å². The Morgan fingerprint density at radius 2 is 0.662 bits per heavy atom. The Morgan fingerprint density at radius 3 is 1.24 bits per heavy atom. The summed E-state index contributed by atoms with van der Waals surface area (Å²) in [5.74, 6) is 1.95. The molecule has 316 valence electrons. The third-order valence-electron chi connectivity index (χ3n) is 14.2. The largest absolute Gasteiger partial charge is 0.208 e. The Labute approximate surface area is 398 Å². The third kappa shape index (κ3) is 5.88. The lowest BCUT2D eigenvalue weighted by Gasteiger charge is -2.31. The first-order valence-corrected chi connectivity index (χ1v) is 24.0. The van der Waals surface area contributed by atoms with Crippen molar-refractivity contribution in [2.75, 3.05) is 0 Å². The smallest absolute Gasteiger partial charge is 0.164 e.